The molecule has 2 heteroatoms. The molecule has 0 spiro atoms. The van der Waals surface area contributed by atoms with E-state index in [-0.39, 0.29) is 0 Å². The lowest BCUT2D eigenvalue weighted by atomic mass is 10.0. The minimum atomic E-state index is 0.352. The fourth-order valence-electron chi connectivity index (χ4n) is 1.03. The van der Waals surface area contributed by atoms with E-state index in [2.05, 4.69) is 25.4 Å². The van der Waals surface area contributed by atoms with E-state index in [1.807, 2.05) is 6.07 Å². The molecule has 1 aliphatic carbocycles. The fourth-order valence-corrected chi connectivity index (χ4v) is 1.03. The van der Waals surface area contributed by atoms with Crippen molar-refractivity contribution in [1.29, 1.82) is 5.26 Å². The highest BCUT2D eigenvalue weighted by atomic mass is 14.7. The zero-order valence-corrected chi connectivity index (χ0v) is 8.17. The minimum Gasteiger partial charge on any atom is -0.246 e. The number of hydrogen-bond acceptors (Lipinski definition) is 2. The van der Waals surface area contributed by atoms with Crippen molar-refractivity contribution < 1.29 is 0 Å². The fraction of sp³-hybridized carbons (Fsp3) is 0.455. The normalized spacial score (nSPS) is 20.7. The van der Waals surface area contributed by atoms with E-state index in [0.717, 1.165) is 0 Å². The van der Waals surface area contributed by atoms with Gasteiger partial charge in [-0.2, -0.15) is 5.26 Å². The third kappa shape index (κ3) is 2.29. The molecule has 0 unspecified atom stereocenters. The van der Waals surface area contributed by atoms with Gasteiger partial charge in [-0.3, -0.25) is 0 Å². The number of rotatable bonds is 3. The molecule has 0 N–H and O–H groups in total. The maximum atomic E-state index is 8.58. The Hall–Kier alpha value is -1.36. The highest BCUT2D eigenvalue weighted by Crippen LogP contribution is 2.50. The minimum absolute atomic E-state index is 0.352. The Bertz CT molecular complexity index is 311. The molecule has 13 heavy (non-hydrogen) atoms. The average Bonchev–Trinajstić information content (AvgIpc) is 2.86. The summed E-state index contributed by atoms with van der Waals surface area (Å²) in [5, 5.41) is 8.58. The zero-order valence-electron chi connectivity index (χ0n) is 8.17. The van der Waals surface area contributed by atoms with Crippen LogP contribution >= 0.6 is 0 Å². The van der Waals surface area contributed by atoms with E-state index < -0.39 is 0 Å². The maximum Gasteiger partial charge on any atom is 0.139 e. The van der Waals surface area contributed by atoms with Crippen LogP contribution in [0.2, 0.25) is 0 Å². The summed E-state index contributed by atoms with van der Waals surface area (Å²) in [6.07, 6.45) is 5.73. The van der Waals surface area contributed by atoms with Crippen molar-refractivity contribution in [3.05, 3.63) is 24.4 Å². The van der Waals surface area contributed by atoms with E-state index in [0.29, 0.717) is 11.1 Å². The Morgan fingerprint density at radius 2 is 2.23 bits per heavy atom. The molecule has 0 amide bonds. The molecule has 68 valence electrons. The highest BCUT2D eigenvalue weighted by Gasteiger charge is 2.38. The molecule has 0 aromatic carbocycles. The third-order valence-corrected chi connectivity index (χ3v) is 2.66. The monoisotopic (exact) mass is 174 g/mol. The predicted octanol–water partition coefficient (Wildman–Crippen LogP) is 2.84. The second-order valence-electron chi connectivity index (χ2n) is 3.70. The van der Waals surface area contributed by atoms with Gasteiger partial charge in [0, 0.05) is 6.20 Å². The Balaban J connectivity index is 2.72. The molecule has 1 rings (SSSR count). The lowest BCUT2D eigenvalue weighted by molar-refractivity contribution is 0.686. The standard InChI is InChI=1S/C11H14N2/c1-4-10(7-12)13-8-9(2)11(3)5-6-11/h4,8H,1,5-6H2,2-3H3/b9-8+,13-10?. The first-order valence-corrected chi connectivity index (χ1v) is 4.40. The molecular weight excluding hydrogens is 160 g/mol. The molecule has 1 fully saturated rings. The van der Waals surface area contributed by atoms with Crippen molar-refractivity contribution in [2.24, 2.45) is 10.4 Å². The lowest BCUT2D eigenvalue weighted by Crippen LogP contribution is -1.94. The molecule has 0 bridgehead atoms. The molecule has 0 aromatic rings. The van der Waals surface area contributed by atoms with Gasteiger partial charge in [0.15, 0.2) is 0 Å². The largest absolute Gasteiger partial charge is 0.246 e. The van der Waals surface area contributed by atoms with Crippen LogP contribution in [0.25, 0.3) is 0 Å². The van der Waals surface area contributed by atoms with E-state index in [1.54, 1.807) is 6.20 Å². The topological polar surface area (TPSA) is 36.1 Å². The Kier molecular flexibility index (Phi) is 2.67. The summed E-state index contributed by atoms with van der Waals surface area (Å²) in [5.41, 5.74) is 1.98. The van der Waals surface area contributed by atoms with Gasteiger partial charge in [0.2, 0.25) is 0 Å². The van der Waals surface area contributed by atoms with Gasteiger partial charge >= 0.3 is 0 Å². The molecule has 2 nitrogen and oxygen atoms in total. The lowest BCUT2D eigenvalue weighted by Gasteiger charge is -2.05. The molecule has 0 saturated heterocycles. The Labute approximate surface area is 79.3 Å². The molecular formula is C11H14N2. The summed E-state index contributed by atoms with van der Waals surface area (Å²) in [7, 11) is 0. The molecule has 0 aliphatic heterocycles. The van der Waals surface area contributed by atoms with Crippen LogP contribution in [-0.2, 0) is 0 Å². The summed E-state index contributed by atoms with van der Waals surface area (Å²) in [6, 6.07) is 1.97. The number of hydrogen-bond donors (Lipinski definition) is 0. The van der Waals surface area contributed by atoms with Gasteiger partial charge in [0.1, 0.15) is 11.8 Å². The smallest absolute Gasteiger partial charge is 0.139 e. The summed E-state index contributed by atoms with van der Waals surface area (Å²) in [5.74, 6) is 0. The van der Waals surface area contributed by atoms with Gasteiger partial charge in [-0.05, 0) is 36.8 Å². The number of aliphatic imine (C=N–C) groups is 1. The van der Waals surface area contributed by atoms with E-state index in [9.17, 15) is 0 Å². The van der Waals surface area contributed by atoms with Crippen LogP contribution in [0, 0.1) is 16.7 Å². The van der Waals surface area contributed by atoms with Crippen LogP contribution in [0.15, 0.2) is 29.4 Å². The highest BCUT2D eigenvalue weighted by molar-refractivity contribution is 6.07. The number of nitrogens with zero attached hydrogens (tertiary/aromatic N) is 2. The summed E-state index contributed by atoms with van der Waals surface area (Å²) >= 11 is 0. The van der Waals surface area contributed by atoms with Crippen molar-refractivity contribution in [3.8, 4) is 6.07 Å². The molecule has 0 heterocycles. The second kappa shape index (κ2) is 3.57. The van der Waals surface area contributed by atoms with E-state index >= 15 is 0 Å². The summed E-state index contributed by atoms with van der Waals surface area (Å²) < 4.78 is 0. The van der Waals surface area contributed by atoms with Crippen LogP contribution < -0.4 is 0 Å². The van der Waals surface area contributed by atoms with Crippen molar-refractivity contribution in [2.45, 2.75) is 26.7 Å². The van der Waals surface area contributed by atoms with Crippen molar-refractivity contribution >= 4 is 5.71 Å². The first-order valence-electron chi connectivity index (χ1n) is 4.40. The number of allylic oxidation sites excluding steroid dienone is 2. The van der Waals surface area contributed by atoms with Crippen LogP contribution in [-0.4, -0.2) is 5.71 Å². The van der Waals surface area contributed by atoms with Crippen molar-refractivity contribution in [2.75, 3.05) is 0 Å². The Morgan fingerprint density at radius 1 is 1.62 bits per heavy atom. The predicted molar refractivity (Wildman–Crippen MR) is 54.3 cm³/mol. The van der Waals surface area contributed by atoms with Crippen LogP contribution in [0.4, 0.5) is 0 Å². The quantitative estimate of drug-likeness (QED) is 0.606. The molecule has 0 aromatic heterocycles. The van der Waals surface area contributed by atoms with E-state index in [4.69, 9.17) is 5.26 Å². The average molecular weight is 174 g/mol. The van der Waals surface area contributed by atoms with Crippen LogP contribution in [0.1, 0.15) is 26.7 Å². The first kappa shape index (κ1) is 9.73. The van der Waals surface area contributed by atoms with Gasteiger partial charge in [-0.1, -0.05) is 13.5 Å². The molecule has 0 radical (unpaired) electrons. The zero-order chi connectivity index (χ0) is 9.90. The van der Waals surface area contributed by atoms with Crippen molar-refractivity contribution in [1.82, 2.24) is 0 Å². The van der Waals surface area contributed by atoms with Gasteiger partial charge < -0.3 is 0 Å². The second-order valence-corrected chi connectivity index (χ2v) is 3.70. The van der Waals surface area contributed by atoms with Gasteiger partial charge in [0.25, 0.3) is 0 Å². The van der Waals surface area contributed by atoms with Crippen molar-refractivity contribution in [3.63, 3.8) is 0 Å². The van der Waals surface area contributed by atoms with Crippen LogP contribution in [0.5, 0.6) is 0 Å². The first-order chi connectivity index (χ1) is 6.12. The summed E-state index contributed by atoms with van der Waals surface area (Å²) in [4.78, 5) is 4.04. The van der Waals surface area contributed by atoms with Gasteiger partial charge in [-0.25, -0.2) is 4.99 Å². The maximum absolute atomic E-state index is 8.58. The third-order valence-electron chi connectivity index (χ3n) is 2.66. The Morgan fingerprint density at radius 3 is 2.62 bits per heavy atom. The molecule has 0 atom stereocenters. The molecule has 1 aliphatic rings. The van der Waals surface area contributed by atoms with E-state index in [1.165, 1.54) is 24.5 Å². The summed E-state index contributed by atoms with van der Waals surface area (Å²) in [6.45, 7) is 7.79. The SMILES string of the molecule is C=CC(C#N)=N/C=C(\C)C1(C)CC1. The number of nitriles is 1. The van der Waals surface area contributed by atoms with Gasteiger partial charge in [0.05, 0.1) is 0 Å². The molecule has 1 saturated carbocycles. The van der Waals surface area contributed by atoms with Crippen LogP contribution in [0.3, 0.4) is 0 Å². The van der Waals surface area contributed by atoms with Gasteiger partial charge in [-0.15, -0.1) is 0 Å².